The van der Waals surface area contributed by atoms with Gasteiger partial charge >= 0.3 is 0 Å². The average molecular weight is 220 g/mol. The fourth-order valence-corrected chi connectivity index (χ4v) is 1.86. The van der Waals surface area contributed by atoms with Crippen LogP contribution in [0.15, 0.2) is 29.8 Å². The highest BCUT2D eigenvalue weighted by atomic mass is 32.1. The maximum absolute atomic E-state index is 5.59. The SMILES string of the molecule is CN(c1cccc(CN)c1)c1nncs1. The smallest absolute Gasteiger partial charge is 0.212 e. The van der Waals surface area contributed by atoms with Crippen molar-refractivity contribution in [2.24, 2.45) is 5.73 Å². The second kappa shape index (κ2) is 4.37. The minimum Gasteiger partial charge on any atom is -0.326 e. The number of benzene rings is 1. The molecule has 1 aromatic carbocycles. The predicted octanol–water partition coefficient (Wildman–Crippen LogP) is 1.76. The quantitative estimate of drug-likeness (QED) is 0.856. The predicted molar refractivity (Wildman–Crippen MR) is 62.3 cm³/mol. The van der Waals surface area contributed by atoms with E-state index in [4.69, 9.17) is 5.73 Å². The lowest BCUT2D eigenvalue weighted by molar-refractivity contribution is 1.03. The Morgan fingerprint density at radius 2 is 2.33 bits per heavy atom. The van der Waals surface area contributed by atoms with Gasteiger partial charge in [0, 0.05) is 19.3 Å². The van der Waals surface area contributed by atoms with Crippen LogP contribution in [0, 0.1) is 0 Å². The van der Waals surface area contributed by atoms with Gasteiger partial charge in [-0.25, -0.2) is 0 Å². The molecule has 1 aromatic heterocycles. The molecule has 0 unspecified atom stereocenters. The number of hydrogen-bond acceptors (Lipinski definition) is 5. The summed E-state index contributed by atoms with van der Waals surface area (Å²) in [6, 6.07) is 8.09. The Morgan fingerprint density at radius 3 is 3.00 bits per heavy atom. The van der Waals surface area contributed by atoms with Gasteiger partial charge in [-0.15, -0.1) is 10.2 Å². The van der Waals surface area contributed by atoms with Crippen molar-refractivity contribution in [1.82, 2.24) is 10.2 Å². The van der Waals surface area contributed by atoms with Crippen LogP contribution in [0.1, 0.15) is 5.56 Å². The number of rotatable bonds is 3. The third kappa shape index (κ3) is 2.14. The molecular formula is C10H12N4S. The first kappa shape index (κ1) is 10.1. The summed E-state index contributed by atoms with van der Waals surface area (Å²) in [4.78, 5) is 2.00. The summed E-state index contributed by atoms with van der Waals surface area (Å²) >= 11 is 1.51. The van der Waals surface area contributed by atoms with Crippen molar-refractivity contribution in [3.8, 4) is 0 Å². The summed E-state index contributed by atoms with van der Waals surface area (Å²) in [5, 5.41) is 8.70. The summed E-state index contributed by atoms with van der Waals surface area (Å²) in [6.07, 6.45) is 0. The standard InChI is InChI=1S/C10H12N4S/c1-14(10-13-12-7-15-10)9-4-2-3-8(5-9)6-11/h2-5,7H,6,11H2,1H3. The Labute approximate surface area is 92.4 Å². The lowest BCUT2D eigenvalue weighted by atomic mass is 10.2. The van der Waals surface area contributed by atoms with E-state index in [0.29, 0.717) is 6.54 Å². The Kier molecular flexibility index (Phi) is 2.94. The Balaban J connectivity index is 2.29. The maximum atomic E-state index is 5.59. The van der Waals surface area contributed by atoms with E-state index in [0.717, 1.165) is 16.4 Å². The van der Waals surface area contributed by atoms with Gasteiger partial charge in [0.05, 0.1) is 0 Å². The van der Waals surface area contributed by atoms with Gasteiger partial charge in [0.25, 0.3) is 0 Å². The third-order valence-corrected chi connectivity index (χ3v) is 2.94. The monoisotopic (exact) mass is 220 g/mol. The first-order valence-electron chi connectivity index (χ1n) is 4.60. The van der Waals surface area contributed by atoms with Crippen LogP contribution in [0.3, 0.4) is 0 Å². The molecule has 5 heteroatoms. The molecule has 2 N–H and O–H groups in total. The molecule has 0 aliphatic carbocycles. The van der Waals surface area contributed by atoms with E-state index in [1.54, 1.807) is 5.51 Å². The van der Waals surface area contributed by atoms with E-state index in [1.165, 1.54) is 11.3 Å². The van der Waals surface area contributed by atoms with Crippen molar-refractivity contribution < 1.29 is 0 Å². The van der Waals surface area contributed by atoms with E-state index in [2.05, 4.69) is 16.3 Å². The van der Waals surface area contributed by atoms with Gasteiger partial charge < -0.3 is 10.6 Å². The lowest BCUT2D eigenvalue weighted by Gasteiger charge is -2.15. The van der Waals surface area contributed by atoms with E-state index < -0.39 is 0 Å². The van der Waals surface area contributed by atoms with Crippen LogP contribution in [-0.2, 0) is 6.54 Å². The minimum absolute atomic E-state index is 0.553. The first-order chi connectivity index (χ1) is 7.31. The fourth-order valence-electron chi connectivity index (χ4n) is 1.32. The number of anilines is 2. The molecule has 4 nitrogen and oxygen atoms in total. The normalized spacial score (nSPS) is 10.3. The lowest BCUT2D eigenvalue weighted by Crippen LogP contribution is -2.09. The van der Waals surface area contributed by atoms with Crippen molar-refractivity contribution >= 4 is 22.2 Å². The van der Waals surface area contributed by atoms with Gasteiger partial charge in [0.1, 0.15) is 5.51 Å². The summed E-state index contributed by atoms with van der Waals surface area (Å²) in [7, 11) is 1.97. The van der Waals surface area contributed by atoms with Gasteiger partial charge in [0.2, 0.25) is 5.13 Å². The number of nitrogens with zero attached hydrogens (tertiary/aromatic N) is 3. The largest absolute Gasteiger partial charge is 0.326 e. The van der Waals surface area contributed by atoms with Crippen molar-refractivity contribution in [2.75, 3.05) is 11.9 Å². The van der Waals surface area contributed by atoms with Crippen LogP contribution >= 0.6 is 11.3 Å². The van der Waals surface area contributed by atoms with Crippen LogP contribution in [0.2, 0.25) is 0 Å². The third-order valence-electron chi connectivity index (χ3n) is 2.17. The van der Waals surface area contributed by atoms with Gasteiger partial charge in [-0.3, -0.25) is 0 Å². The van der Waals surface area contributed by atoms with E-state index in [9.17, 15) is 0 Å². The molecule has 15 heavy (non-hydrogen) atoms. The van der Waals surface area contributed by atoms with E-state index in [-0.39, 0.29) is 0 Å². The van der Waals surface area contributed by atoms with Crippen LogP contribution < -0.4 is 10.6 Å². The van der Waals surface area contributed by atoms with E-state index >= 15 is 0 Å². The van der Waals surface area contributed by atoms with Crippen molar-refractivity contribution in [3.05, 3.63) is 35.3 Å². The summed E-state index contributed by atoms with van der Waals surface area (Å²) < 4.78 is 0. The first-order valence-corrected chi connectivity index (χ1v) is 5.48. The molecule has 0 aliphatic heterocycles. The van der Waals surface area contributed by atoms with Gasteiger partial charge in [-0.1, -0.05) is 23.5 Å². The zero-order valence-electron chi connectivity index (χ0n) is 8.42. The maximum Gasteiger partial charge on any atom is 0.212 e. The highest BCUT2D eigenvalue weighted by molar-refractivity contribution is 7.13. The molecule has 0 amide bonds. The minimum atomic E-state index is 0.553. The molecule has 0 radical (unpaired) electrons. The molecule has 0 aliphatic rings. The molecule has 1 heterocycles. The zero-order valence-corrected chi connectivity index (χ0v) is 9.24. The molecule has 78 valence electrons. The highest BCUT2D eigenvalue weighted by Crippen LogP contribution is 2.24. The second-order valence-corrected chi connectivity index (χ2v) is 3.97. The van der Waals surface area contributed by atoms with Crippen LogP contribution in [0.4, 0.5) is 10.8 Å². The summed E-state index contributed by atoms with van der Waals surface area (Å²) in [5.41, 5.74) is 9.51. The van der Waals surface area contributed by atoms with Crippen LogP contribution in [0.25, 0.3) is 0 Å². The fraction of sp³-hybridized carbons (Fsp3) is 0.200. The number of nitrogens with two attached hydrogens (primary N) is 1. The molecule has 0 saturated carbocycles. The number of hydrogen-bond donors (Lipinski definition) is 1. The van der Waals surface area contributed by atoms with Gasteiger partial charge in [-0.2, -0.15) is 0 Å². The molecule has 0 atom stereocenters. The van der Waals surface area contributed by atoms with Crippen LogP contribution in [-0.4, -0.2) is 17.2 Å². The number of aromatic nitrogens is 2. The molecular weight excluding hydrogens is 208 g/mol. The molecule has 2 rings (SSSR count). The van der Waals surface area contributed by atoms with Crippen molar-refractivity contribution in [2.45, 2.75) is 6.54 Å². The molecule has 0 saturated heterocycles. The molecule has 0 spiro atoms. The van der Waals surface area contributed by atoms with Gasteiger partial charge in [0.15, 0.2) is 0 Å². The summed E-state index contributed by atoms with van der Waals surface area (Å²) in [6.45, 7) is 0.553. The molecule has 0 bridgehead atoms. The Morgan fingerprint density at radius 1 is 1.47 bits per heavy atom. The highest BCUT2D eigenvalue weighted by Gasteiger charge is 2.06. The Bertz CT molecular complexity index is 427. The van der Waals surface area contributed by atoms with Gasteiger partial charge in [-0.05, 0) is 17.7 Å². The Hall–Kier alpha value is -1.46. The van der Waals surface area contributed by atoms with Crippen molar-refractivity contribution in [1.29, 1.82) is 0 Å². The van der Waals surface area contributed by atoms with Crippen LogP contribution in [0.5, 0.6) is 0 Å². The molecule has 0 fully saturated rings. The zero-order chi connectivity index (χ0) is 10.7. The molecule has 2 aromatic rings. The topological polar surface area (TPSA) is 55.0 Å². The van der Waals surface area contributed by atoms with Crippen molar-refractivity contribution in [3.63, 3.8) is 0 Å². The summed E-state index contributed by atoms with van der Waals surface area (Å²) in [5.74, 6) is 0. The average Bonchev–Trinajstić information content (AvgIpc) is 2.81. The second-order valence-electron chi connectivity index (χ2n) is 3.15. The van der Waals surface area contributed by atoms with E-state index in [1.807, 2.05) is 30.1 Å².